The van der Waals surface area contributed by atoms with Crippen LogP contribution in [0.2, 0.25) is 0 Å². The zero-order chi connectivity index (χ0) is 14.3. The van der Waals surface area contributed by atoms with Crippen LogP contribution in [0, 0.1) is 0 Å². The van der Waals surface area contributed by atoms with E-state index in [0.717, 1.165) is 11.1 Å². The first-order chi connectivity index (χ1) is 9.15. The number of allylic oxidation sites excluding steroid dienone is 1. The molecular formula is C15H21NO3. The number of carbonyl (C=O) groups is 1. The summed E-state index contributed by atoms with van der Waals surface area (Å²) >= 11 is 0. The van der Waals surface area contributed by atoms with Crippen molar-refractivity contribution in [1.29, 1.82) is 0 Å². The molecule has 0 aliphatic carbocycles. The molecule has 1 aromatic rings. The van der Waals surface area contributed by atoms with Crippen LogP contribution < -0.4 is 14.8 Å². The van der Waals surface area contributed by atoms with Crippen LogP contribution in [0.5, 0.6) is 11.5 Å². The monoisotopic (exact) mass is 263 g/mol. The number of nitrogens with one attached hydrogen (secondary N) is 1. The molecule has 1 amide bonds. The van der Waals surface area contributed by atoms with Gasteiger partial charge in [-0.2, -0.15) is 0 Å². The zero-order valence-corrected chi connectivity index (χ0v) is 11.8. The van der Waals surface area contributed by atoms with E-state index in [0.29, 0.717) is 30.9 Å². The highest BCUT2D eigenvalue weighted by atomic mass is 16.5. The van der Waals surface area contributed by atoms with Gasteiger partial charge in [-0.05, 0) is 24.1 Å². The minimum atomic E-state index is 0.0278. The van der Waals surface area contributed by atoms with Crippen LogP contribution in [0.15, 0.2) is 24.8 Å². The van der Waals surface area contributed by atoms with Crippen molar-refractivity contribution in [3.05, 3.63) is 35.9 Å². The second kappa shape index (κ2) is 7.46. The van der Waals surface area contributed by atoms with Crippen molar-refractivity contribution in [1.82, 2.24) is 5.32 Å². The first-order valence-electron chi connectivity index (χ1n) is 6.27. The van der Waals surface area contributed by atoms with Crippen molar-refractivity contribution in [3.8, 4) is 11.5 Å². The quantitative estimate of drug-likeness (QED) is 0.769. The molecule has 1 rings (SSSR count). The first kappa shape index (κ1) is 15.1. The Labute approximate surface area is 114 Å². The average Bonchev–Trinajstić information content (AvgIpc) is 2.44. The third-order valence-electron chi connectivity index (χ3n) is 2.79. The number of carbonyl (C=O) groups excluding carboxylic acids is 1. The fourth-order valence-corrected chi connectivity index (χ4v) is 1.84. The first-order valence-corrected chi connectivity index (χ1v) is 6.27. The second-order valence-corrected chi connectivity index (χ2v) is 4.11. The third kappa shape index (κ3) is 4.02. The minimum Gasteiger partial charge on any atom is -0.493 e. The number of methoxy groups -OCH3 is 2. The fraction of sp³-hybridized carbons (Fsp3) is 0.400. The fourth-order valence-electron chi connectivity index (χ4n) is 1.84. The number of ether oxygens (including phenoxy) is 2. The molecule has 19 heavy (non-hydrogen) atoms. The maximum Gasteiger partial charge on any atom is 0.219 e. The summed E-state index contributed by atoms with van der Waals surface area (Å²) < 4.78 is 10.7. The van der Waals surface area contributed by atoms with Crippen molar-refractivity contribution in [2.75, 3.05) is 14.2 Å². The molecule has 0 saturated carbocycles. The highest BCUT2D eigenvalue weighted by Crippen LogP contribution is 2.33. The molecule has 0 saturated heterocycles. The van der Waals surface area contributed by atoms with Gasteiger partial charge in [-0.3, -0.25) is 4.79 Å². The van der Waals surface area contributed by atoms with Crippen LogP contribution in [0.1, 0.15) is 24.5 Å². The molecular weight excluding hydrogens is 242 g/mol. The van der Waals surface area contributed by atoms with Crippen molar-refractivity contribution in [2.24, 2.45) is 0 Å². The van der Waals surface area contributed by atoms with E-state index in [9.17, 15) is 4.79 Å². The summed E-state index contributed by atoms with van der Waals surface area (Å²) in [5, 5.41) is 2.85. The predicted octanol–water partition coefficient (Wildman–Crippen LogP) is 2.46. The second-order valence-electron chi connectivity index (χ2n) is 4.11. The van der Waals surface area contributed by atoms with E-state index in [1.54, 1.807) is 14.2 Å². The summed E-state index contributed by atoms with van der Waals surface area (Å²) in [7, 11) is 3.22. The smallest absolute Gasteiger partial charge is 0.219 e. The molecule has 0 unspecified atom stereocenters. The standard InChI is InChI=1S/C15H21NO3/c1-5-7-12-8-11(10-16-14(17)6-2)9-13(18-3)15(12)19-4/h5,8-9H,1,6-7,10H2,2-4H3,(H,16,17). The van der Waals surface area contributed by atoms with Crippen LogP contribution in [0.25, 0.3) is 0 Å². The van der Waals surface area contributed by atoms with E-state index < -0.39 is 0 Å². The summed E-state index contributed by atoms with van der Waals surface area (Å²) in [5.41, 5.74) is 1.98. The van der Waals surface area contributed by atoms with Crippen molar-refractivity contribution in [2.45, 2.75) is 26.3 Å². The Morgan fingerprint density at radius 2 is 2.11 bits per heavy atom. The van der Waals surface area contributed by atoms with E-state index in [4.69, 9.17) is 9.47 Å². The Morgan fingerprint density at radius 3 is 2.63 bits per heavy atom. The summed E-state index contributed by atoms with van der Waals surface area (Å²) in [6, 6.07) is 3.88. The van der Waals surface area contributed by atoms with Crippen LogP contribution >= 0.6 is 0 Å². The number of hydrogen-bond donors (Lipinski definition) is 1. The van der Waals surface area contributed by atoms with Gasteiger partial charge < -0.3 is 14.8 Å². The molecule has 0 spiro atoms. The zero-order valence-electron chi connectivity index (χ0n) is 11.8. The number of benzene rings is 1. The van der Waals surface area contributed by atoms with E-state index >= 15 is 0 Å². The van der Waals surface area contributed by atoms with Crippen molar-refractivity contribution < 1.29 is 14.3 Å². The van der Waals surface area contributed by atoms with Crippen molar-refractivity contribution >= 4 is 5.91 Å². The minimum absolute atomic E-state index is 0.0278. The van der Waals surface area contributed by atoms with Gasteiger partial charge in [0.1, 0.15) is 0 Å². The third-order valence-corrected chi connectivity index (χ3v) is 2.79. The lowest BCUT2D eigenvalue weighted by molar-refractivity contribution is -0.120. The molecule has 1 N–H and O–H groups in total. The number of hydrogen-bond acceptors (Lipinski definition) is 3. The molecule has 1 aromatic carbocycles. The van der Waals surface area contributed by atoms with Crippen LogP contribution in [0.3, 0.4) is 0 Å². The Bertz CT molecular complexity index is 455. The topological polar surface area (TPSA) is 47.6 Å². The highest BCUT2D eigenvalue weighted by molar-refractivity contribution is 5.75. The normalized spacial score (nSPS) is 9.84. The van der Waals surface area contributed by atoms with Crippen LogP contribution in [-0.2, 0) is 17.8 Å². The molecule has 0 radical (unpaired) electrons. The molecule has 0 fully saturated rings. The van der Waals surface area contributed by atoms with Crippen molar-refractivity contribution in [3.63, 3.8) is 0 Å². The summed E-state index contributed by atoms with van der Waals surface area (Å²) in [4.78, 5) is 11.3. The Hall–Kier alpha value is -1.97. The van der Waals surface area contributed by atoms with Gasteiger partial charge in [0.2, 0.25) is 5.91 Å². The van der Waals surface area contributed by atoms with Gasteiger partial charge >= 0.3 is 0 Å². The molecule has 4 heteroatoms. The molecule has 0 aliphatic rings. The Morgan fingerprint density at radius 1 is 1.37 bits per heavy atom. The maximum absolute atomic E-state index is 11.3. The number of amides is 1. The average molecular weight is 263 g/mol. The van der Waals surface area contributed by atoms with Gasteiger partial charge in [-0.1, -0.05) is 13.0 Å². The summed E-state index contributed by atoms with van der Waals surface area (Å²) in [5.74, 6) is 1.41. The molecule has 0 bridgehead atoms. The molecule has 4 nitrogen and oxygen atoms in total. The lowest BCUT2D eigenvalue weighted by atomic mass is 10.1. The van der Waals surface area contributed by atoms with E-state index in [-0.39, 0.29) is 5.91 Å². The molecule has 104 valence electrons. The van der Waals surface area contributed by atoms with Crippen LogP contribution in [0.4, 0.5) is 0 Å². The van der Waals surface area contributed by atoms with Gasteiger partial charge in [0.25, 0.3) is 0 Å². The van der Waals surface area contributed by atoms with E-state index in [1.807, 2.05) is 25.1 Å². The van der Waals surface area contributed by atoms with E-state index in [2.05, 4.69) is 11.9 Å². The maximum atomic E-state index is 11.3. The SMILES string of the molecule is C=CCc1cc(CNC(=O)CC)cc(OC)c1OC. The Kier molecular flexibility index (Phi) is 5.93. The summed E-state index contributed by atoms with van der Waals surface area (Å²) in [6.45, 7) is 6.05. The predicted molar refractivity (Wildman–Crippen MR) is 75.6 cm³/mol. The Balaban J connectivity index is 3.02. The highest BCUT2D eigenvalue weighted by Gasteiger charge is 2.11. The van der Waals surface area contributed by atoms with Gasteiger partial charge in [0.05, 0.1) is 14.2 Å². The largest absolute Gasteiger partial charge is 0.493 e. The lowest BCUT2D eigenvalue weighted by Gasteiger charge is -2.14. The summed E-state index contributed by atoms with van der Waals surface area (Å²) in [6.07, 6.45) is 2.98. The van der Waals surface area contributed by atoms with E-state index in [1.165, 1.54) is 0 Å². The molecule has 0 heterocycles. The van der Waals surface area contributed by atoms with Gasteiger partial charge in [0.15, 0.2) is 11.5 Å². The molecule has 0 atom stereocenters. The number of rotatable bonds is 7. The lowest BCUT2D eigenvalue weighted by Crippen LogP contribution is -2.21. The van der Waals surface area contributed by atoms with Gasteiger partial charge in [-0.15, -0.1) is 6.58 Å². The van der Waals surface area contributed by atoms with Gasteiger partial charge in [0, 0.05) is 18.5 Å². The van der Waals surface area contributed by atoms with Crippen LogP contribution in [-0.4, -0.2) is 20.1 Å². The molecule has 0 aliphatic heterocycles. The van der Waals surface area contributed by atoms with Gasteiger partial charge in [-0.25, -0.2) is 0 Å². The molecule has 0 aromatic heterocycles.